The van der Waals surface area contributed by atoms with Crippen LogP contribution in [0.5, 0.6) is 0 Å². The number of hydrogen-bond donors (Lipinski definition) is 2. The maximum atomic E-state index is 12.4. The first kappa shape index (κ1) is 15.0. The summed E-state index contributed by atoms with van der Waals surface area (Å²) >= 11 is 0. The first-order valence-corrected chi connectivity index (χ1v) is 7.44. The third kappa shape index (κ3) is 2.24. The van der Waals surface area contributed by atoms with Crippen LogP contribution in [-0.2, 0) is 11.2 Å². The van der Waals surface area contributed by atoms with Crippen LogP contribution in [0.4, 0.5) is 0 Å². The minimum atomic E-state index is -0.674. The quantitative estimate of drug-likeness (QED) is 0.891. The van der Waals surface area contributed by atoms with Gasteiger partial charge in [0, 0.05) is 0 Å². The zero-order chi connectivity index (χ0) is 15.1. The Hall–Kier alpha value is -1.35. The van der Waals surface area contributed by atoms with Crippen molar-refractivity contribution in [2.45, 2.75) is 65.0 Å². The fraction of sp³-hybridized carbons (Fsp3) is 0.588. The third-order valence-corrected chi connectivity index (χ3v) is 4.70. The molecule has 0 aliphatic carbocycles. The molecule has 1 heterocycles. The van der Waals surface area contributed by atoms with Gasteiger partial charge in [0.1, 0.15) is 0 Å². The molecule has 2 rings (SSSR count). The number of hydrogen-bond acceptors (Lipinski definition) is 2. The van der Waals surface area contributed by atoms with Crippen molar-refractivity contribution in [2.24, 2.45) is 0 Å². The van der Waals surface area contributed by atoms with E-state index in [0.717, 1.165) is 24.0 Å². The van der Waals surface area contributed by atoms with E-state index in [9.17, 15) is 9.90 Å². The van der Waals surface area contributed by atoms with E-state index in [1.165, 1.54) is 11.1 Å². The molecule has 3 nitrogen and oxygen atoms in total. The van der Waals surface area contributed by atoms with Crippen molar-refractivity contribution >= 4 is 5.91 Å². The summed E-state index contributed by atoms with van der Waals surface area (Å²) in [5.74, 6) is -0.501. The molecule has 110 valence electrons. The summed E-state index contributed by atoms with van der Waals surface area (Å²) in [5.41, 5.74) is 3.96. The molecule has 0 aromatic heterocycles. The molecule has 0 spiro atoms. The number of carbonyl (C=O) groups excluding carboxylic acids is 1. The van der Waals surface area contributed by atoms with Gasteiger partial charge in [-0.3, -0.25) is 4.79 Å². The summed E-state index contributed by atoms with van der Waals surface area (Å²) in [6.07, 6.45) is 0.923. The van der Waals surface area contributed by atoms with Crippen LogP contribution in [0.25, 0.3) is 0 Å². The van der Waals surface area contributed by atoms with Crippen LogP contribution in [0.1, 0.15) is 55.4 Å². The van der Waals surface area contributed by atoms with E-state index >= 15 is 0 Å². The summed E-state index contributed by atoms with van der Waals surface area (Å²) in [5, 5.41) is 13.6. The number of nitrogens with one attached hydrogen (secondary N) is 1. The molecular weight excluding hydrogens is 250 g/mol. The highest BCUT2D eigenvalue weighted by Gasteiger charge is 2.49. The Kier molecular flexibility index (Phi) is 3.92. The average molecular weight is 275 g/mol. The Morgan fingerprint density at radius 3 is 2.45 bits per heavy atom. The number of carbonyl (C=O) groups is 1. The van der Waals surface area contributed by atoms with Crippen molar-refractivity contribution < 1.29 is 9.90 Å². The van der Waals surface area contributed by atoms with E-state index in [4.69, 9.17) is 0 Å². The first-order valence-electron chi connectivity index (χ1n) is 7.44. The smallest absolute Gasteiger partial charge is 0.230 e. The van der Waals surface area contributed by atoms with E-state index in [0.29, 0.717) is 0 Å². The molecule has 1 fully saturated rings. The number of amides is 1. The van der Waals surface area contributed by atoms with Gasteiger partial charge in [-0.2, -0.15) is 0 Å². The average Bonchev–Trinajstić information content (AvgIpc) is 2.61. The highest BCUT2D eigenvalue weighted by molar-refractivity contribution is 5.89. The van der Waals surface area contributed by atoms with Gasteiger partial charge in [0.15, 0.2) is 0 Å². The second-order valence-corrected chi connectivity index (χ2v) is 6.19. The van der Waals surface area contributed by atoms with Gasteiger partial charge in [-0.25, -0.2) is 0 Å². The lowest BCUT2D eigenvalue weighted by Crippen LogP contribution is -2.45. The topological polar surface area (TPSA) is 49.3 Å². The second-order valence-electron chi connectivity index (χ2n) is 6.19. The largest absolute Gasteiger partial charge is 0.390 e. The van der Waals surface area contributed by atoms with Gasteiger partial charge in [-0.1, -0.05) is 31.5 Å². The third-order valence-electron chi connectivity index (χ3n) is 4.70. The molecule has 1 amide bonds. The second kappa shape index (κ2) is 5.21. The van der Waals surface area contributed by atoms with Gasteiger partial charge < -0.3 is 10.4 Å². The molecule has 2 N–H and O–H groups in total. The molecule has 1 aliphatic rings. The molecule has 3 atom stereocenters. The molecule has 3 unspecified atom stereocenters. The number of rotatable bonds is 3. The van der Waals surface area contributed by atoms with Crippen molar-refractivity contribution in [3.8, 4) is 0 Å². The SMILES string of the molecule is CCc1cc(C)cc(C)c1C1C(=O)NC(C)(CC)C1O. The maximum absolute atomic E-state index is 12.4. The van der Waals surface area contributed by atoms with E-state index in [1.54, 1.807) is 0 Å². The van der Waals surface area contributed by atoms with E-state index < -0.39 is 17.6 Å². The van der Waals surface area contributed by atoms with Crippen LogP contribution in [0.15, 0.2) is 12.1 Å². The minimum Gasteiger partial charge on any atom is -0.390 e. The Balaban J connectivity index is 2.54. The van der Waals surface area contributed by atoms with Crippen molar-refractivity contribution in [1.29, 1.82) is 0 Å². The zero-order valence-electron chi connectivity index (χ0n) is 13.1. The van der Waals surface area contributed by atoms with Gasteiger partial charge >= 0.3 is 0 Å². The number of aliphatic hydroxyl groups is 1. The fourth-order valence-electron chi connectivity index (χ4n) is 3.34. The lowest BCUT2D eigenvalue weighted by Gasteiger charge is -2.28. The summed E-state index contributed by atoms with van der Waals surface area (Å²) in [6, 6.07) is 4.22. The Bertz CT molecular complexity index is 538. The van der Waals surface area contributed by atoms with Crippen LogP contribution in [0.3, 0.4) is 0 Å². The monoisotopic (exact) mass is 275 g/mol. The van der Waals surface area contributed by atoms with Gasteiger partial charge in [-0.05, 0) is 50.3 Å². The first-order chi connectivity index (χ1) is 9.34. The molecule has 1 aromatic carbocycles. The lowest BCUT2D eigenvalue weighted by molar-refractivity contribution is -0.121. The molecule has 1 aromatic rings. The summed E-state index contributed by atoms with van der Waals surface area (Å²) < 4.78 is 0. The lowest BCUT2D eigenvalue weighted by atomic mass is 9.80. The highest BCUT2D eigenvalue weighted by atomic mass is 16.3. The normalized spacial score (nSPS) is 29.6. The Morgan fingerprint density at radius 1 is 1.30 bits per heavy atom. The zero-order valence-corrected chi connectivity index (χ0v) is 13.1. The predicted octanol–water partition coefficient (Wildman–Crippen LogP) is 2.61. The molecule has 3 heteroatoms. The Labute approximate surface area is 121 Å². The standard InChI is InChI=1S/C17H25NO2/c1-6-12-9-10(3)8-11(4)13(12)14-15(19)17(5,7-2)18-16(14)20/h8-9,14-15,19H,6-7H2,1-5H3,(H,18,20). The van der Waals surface area contributed by atoms with Crippen LogP contribution < -0.4 is 5.32 Å². The summed E-state index contributed by atoms with van der Waals surface area (Å²) in [6.45, 7) is 10.1. The number of benzene rings is 1. The summed E-state index contributed by atoms with van der Waals surface area (Å²) in [4.78, 5) is 12.4. The highest BCUT2D eigenvalue weighted by Crippen LogP contribution is 2.38. The number of aryl methyl sites for hydroxylation is 3. The van der Waals surface area contributed by atoms with E-state index in [-0.39, 0.29) is 5.91 Å². The van der Waals surface area contributed by atoms with Crippen LogP contribution >= 0.6 is 0 Å². The van der Waals surface area contributed by atoms with Gasteiger partial charge in [0.05, 0.1) is 17.6 Å². The molecule has 0 radical (unpaired) electrons. The predicted molar refractivity (Wildman–Crippen MR) is 80.9 cm³/mol. The molecule has 1 aliphatic heterocycles. The van der Waals surface area contributed by atoms with E-state index in [1.807, 2.05) is 20.8 Å². The van der Waals surface area contributed by atoms with Crippen molar-refractivity contribution in [2.75, 3.05) is 0 Å². The molecule has 1 saturated heterocycles. The molecular formula is C17H25NO2. The fourth-order valence-corrected chi connectivity index (χ4v) is 3.34. The Morgan fingerprint density at radius 2 is 1.95 bits per heavy atom. The molecule has 0 bridgehead atoms. The number of aliphatic hydroxyl groups excluding tert-OH is 1. The van der Waals surface area contributed by atoms with Crippen molar-refractivity contribution in [3.05, 3.63) is 34.4 Å². The maximum Gasteiger partial charge on any atom is 0.230 e. The molecule has 20 heavy (non-hydrogen) atoms. The van der Waals surface area contributed by atoms with Crippen molar-refractivity contribution in [3.63, 3.8) is 0 Å². The van der Waals surface area contributed by atoms with Gasteiger partial charge in [-0.15, -0.1) is 0 Å². The van der Waals surface area contributed by atoms with Crippen molar-refractivity contribution in [1.82, 2.24) is 5.32 Å². The van der Waals surface area contributed by atoms with Gasteiger partial charge in [0.25, 0.3) is 0 Å². The summed E-state index contributed by atoms with van der Waals surface area (Å²) in [7, 11) is 0. The van der Waals surface area contributed by atoms with E-state index in [2.05, 4.69) is 31.3 Å². The van der Waals surface area contributed by atoms with Crippen LogP contribution in [0, 0.1) is 13.8 Å². The van der Waals surface area contributed by atoms with Gasteiger partial charge in [0.2, 0.25) is 5.91 Å². The van der Waals surface area contributed by atoms with Crippen LogP contribution in [0.2, 0.25) is 0 Å². The van der Waals surface area contributed by atoms with Crippen LogP contribution in [-0.4, -0.2) is 22.7 Å². The minimum absolute atomic E-state index is 0.0523. The molecule has 0 saturated carbocycles.